The lowest BCUT2D eigenvalue weighted by Gasteiger charge is -2.36. The van der Waals surface area contributed by atoms with E-state index in [4.69, 9.17) is 0 Å². The van der Waals surface area contributed by atoms with Gasteiger partial charge in [0.1, 0.15) is 0 Å². The molecule has 4 rings (SSSR count). The molecule has 2 aromatic heterocycles. The molecule has 0 spiro atoms. The number of hydrogen-bond acceptors (Lipinski definition) is 6. The number of aromatic hydroxyl groups is 1. The SMILES string of the molecule is CCc1nc2sc(C(c3cccc(C)c3)N3CCC(O)CC3)c(O)n2n1. The highest BCUT2D eigenvalue weighted by Gasteiger charge is 2.31. The van der Waals surface area contributed by atoms with Gasteiger partial charge in [0.05, 0.1) is 17.0 Å². The summed E-state index contributed by atoms with van der Waals surface area (Å²) in [6.45, 7) is 5.68. The molecule has 0 amide bonds. The summed E-state index contributed by atoms with van der Waals surface area (Å²) in [5.41, 5.74) is 2.34. The van der Waals surface area contributed by atoms with E-state index in [0.29, 0.717) is 0 Å². The largest absolute Gasteiger partial charge is 0.492 e. The van der Waals surface area contributed by atoms with Crippen LogP contribution in [0.5, 0.6) is 5.88 Å². The number of thiazole rings is 1. The van der Waals surface area contributed by atoms with Crippen LogP contribution in [0.15, 0.2) is 24.3 Å². The van der Waals surface area contributed by atoms with E-state index in [9.17, 15) is 10.2 Å². The quantitative estimate of drug-likeness (QED) is 0.737. The Kier molecular flexibility index (Phi) is 4.69. The zero-order valence-corrected chi connectivity index (χ0v) is 15.9. The Bertz CT molecular complexity index is 912. The lowest BCUT2D eigenvalue weighted by atomic mass is 9.98. The number of nitrogens with zero attached hydrogens (tertiary/aromatic N) is 4. The highest BCUT2D eigenvalue weighted by atomic mass is 32.1. The molecular formula is C19H24N4O2S. The van der Waals surface area contributed by atoms with Crippen molar-refractivity contribution in [2.75, 3.05) is 13.1 Å². The van der Waals surface area contributed by atoms with Crippen LogP contribution in [0.25, 0.3) is 4.96 Å². The molecule has 6 nitrogen and oxygen atoms in total. The van der Waals surface area contributed by atoms with E-state index in [1.165, 1.54) is 16.9 Å². The maximum Gasteiger partial charge on any atom is 0.230 e. The molecular weight excluding hydrogens is 348 g/mol. The van der Waals surface area contributed by atoms with Crippen molar-refractivity contribution in [2.24, 2.45) is 0 Å². The van der Waals surface area contributed by atoms with Gasteiger partial charge in [-0.2, -0.15) is 4.52 Å². The minimum absolute atomic E-state index is 0.0547. The molecule has 7 heteroatoms. The molecule has 138 valence electrons. The van der Waals surface area contributed by atoms with Gasteiger partial charge in [0.2, 0.25) is 10.8 Å². The molecule has 26 heavy (non-hydrogen) atoms. The van der Waals surface area contributed by atoms with Gasteiger partial charge in [0, 0.05) is 19.5 Å². The molecule has 1 atom stereocenters. The second kappa shape index (κ2) is 6.98. The van der Waals surface area contributed by atoms with Gasteiger partial charge in [-0.05, 0) is 25.3 Å². The lowest BCUT2D eigenvalue weighted by molar-refractivity contribution is 0.0689. The minimum Gasteiger partial charge on any atom is -0.492 e. The average molecular weight is 372 g/mol. The van der Waals surface area contributed by atoms with Crippen molar-refractivity contribution in [3.63, 3.8) is 0 Å². The Balaban J connectivity index is 1.79. The predicted molar refractivity (Wildman–Crippen MR) is 102 cm³/mol. The summed E-state index contributed by atoms with van der Waals surface area (Å²) in [5.74, 6) is 0.918. The van der Waals surface area contributed by atoms with Crippen molar-refractivity contribution in [1.82, 2.24) is 19.5 Å². The van der Waals surface area contributed by atoms with E-state index < -0.39 is 0 Å². The number of aliphatic hydroxyl groups is 1. The van der Waals surface area contributed by atoms with E-state index >= 15 is 0 Å². The number of rotatable bonds is 4. The highest BCUT2D eigenvalue weighted by molar-refractivity contribution is 7.17. The number of aliphatic hydroxyl groups excluding tert-OH is 1. The van der Waals surface area contributed by atoms with Crippen LogP contribution >= 0.6 is 11.3 Å². The molecule has 0 aliphatic carbocycles. The van der Waals surface area contributed by atoms with Crippen molar-refractivity contribution in [3.05, 3.63) is 46.1 Å². The Labute approximate surface area is 156 Å². The standard InChI is InChI=1S/C19H24N4O2S/c1-3-15-20-19-23(21-15)18(25)17(26-19)16(13-6-4-5-12(2)11-13)22-9-7-14(24)8-10-22/h4-6,11,14,16,24-25H,3,7-10H2,1-2H3. The van der Waals surface area contributed by atoms with Crippen molar-refractivity contribution >= 4 is 16.3 Å². The number of hydrogen-bond donors (Lipinski definition) is 2. The first kappa shape index (κ1) is 17.5. The Morgan fingerprint density at radius 2 is 2.08 bits per heavy atom. The molecule has 0 saturated carbocycles. The van der Waals surface area contributed by atoms with Crippen LogP contribution in [-0.4, -0.2) is 48.9 Å². The van der Waals surface area contributed by atoms with Gasteiger partial charge in [-0.1, -0.05) is 48.1 Å². The van der Waals surface area contributed by atoms with E-state index in [1.807, 2.05) is 6.92 Å². The zero-order chi connectivity index (χ0) is 18.3. The fourth-order valence-corrected chi connectivity index (χ4v) is 4.77. The normalized spacial score (nSPS) is 17.8. The van der Waals surface area contributed by atoms with Crippen molar-refractivity contribution in [2.45, 2.75) is 45.3 Å². The number of benzene rings is 1. The number of piperidine rings is 1. The Morgan fingerprint density at radius 1 is 1.31 bits per heavy atom. The van der Waals surface area contributed by atoms with Crippen molar-refractivity contribution < 1.29 is 10.2 Å². The summed E-state index contributed by atoms with van der Waals surface area (Å²) in [7, 11) is 0. The summed E-state index contributed by atoms with van der Waals surface area (Å²) < 4.78 is 1.56. The maximum atomic E-state index is 10.9. The Hall–Kier alpha value is -1.96. The topological polar surface area (TPSA) is 73.9 Å². The second-order valence-electron chi connectivity index (χ2n) is 6.95. The molecule has 3 heterocycles. The highest BCUT2D eigenvalue weighted by Crippen LogP contribution is 2.41. The molecule has 3 aromatic rings. The first-order valence-electron chi connectivity index (χ1n) is 9.12. The first-order valence-corrected chi connectivity index (χ1v) is 9.94. The van der Waals surface area contributed by atoms with Crippen LogP contribution in [0.1, 0.15) is 47.6 Å². The third kappa shape index (κ3) is 3.11. The van der Waals surface area contributed by atoms with Crippen LogP contribution < -0.4 is 0 Å². The van der Waals surface area contributed by atoms with Gasteiger partial charge in [0.15, 0.2) is 5.82 Å². The summed E-state index contributed by atoms with van der Waals surface area (Å²) in [6, 6.07) is 8.36. The zero-order valence-electron chi connectivity index (χ0n) is 15.1. The summed E-state index contributed by atoms with van der Waals surface area (Å²) in [4.78, 5) is 8.45. The van der Waals surface area contributed by atoms with E-state index in [-0.39, 0.29) is 18.0 Å². The van der Waals surface area contributed by atoms with Crippen LogP contribution in [0, 0.1) is 6.92 Å². The van der Waals surface area contributed by atoms with Crippen LogP contribution in [-0.2, 0) is 6.42 Å². The fraction of sp³-hybridized carbons (Fsp3) is 0.474. The molecule has 1 saturated heterocycles. The number of aromatic nitrogens is 3. The molecule has 1 aliphatic rings. The molecule has 0 bridgehead atoms. The summed E-state index contributed by atoms with van der Waals surface area (Å²) >= 11 is 1.50. The molecule has 0 radical (unpaired) electrons. The number of likely N-dealkylation sites (tertiary alicyclic amines) is 1. The van der Waals surface area contributed by atoms with Gasteiger partial charge in [0.25, 0.3) is 0 Å². The van der Waals surface area contributed by atoms with Crippen molar-refractivity contribution in [1.29, 1.82) is 0 Å². The summed E-state index contributed by atoms with van der Waals surface area (Å²) in [5, 5.41) is 25.2. The molecule has 1 aromatic carbocycles. The van der Waals surface area contributed by atoms with Gasteiger partial charge in [-0.25, -0.2) is 4.98 Å². The summed E-state index contributed by atoms with van der Waals surface area (Å²) in [6.07, 6.45) is 2.02. The van der Waals surface area contributed by atoms with Crippen LogP contribution in [0.3, 0.4) is 0 Å². The van der Waals surface area contributed by atoms with Gasteiger partial charge < -0.3 is 10.2 Å². The smallest absolute Gasteiger partial charge is 0.230 e. The third-order valence-corrected chi connectivity index (χ3v) is 6.10. The van der Waals surface area contributed by atoms with E-state index in [0.717, 1.165) is 53.6 Å². The molecule has 1 fully saturated rings. The fourth-order valence-electron chi connectivity index (χ4n) is 3.63. The molecule has 1 unspecified atom stereocenters. The average Bonchev–Trinajstić information content (AvgIpc) is 3.17. The number of fused-ring (bicyclic) bond motifs is 1. The van der Waals surface area contributed by atoms with E-state index in [1.54, 1.807) is 4.52 Å². The first-order chi connectivity index (χ1) is 12.6. The monoisotopic (exact) mass is 372 g/mol. The van der Waals surface area contributed by atoms with E-state index in [2.05, 4.69) is 46.2 Å². The van der Waals surface area contributed by atoms with Gasteiger partial charge in [-0.3, -0.25) is 4.90 Å². The molecule has 1 aliphatic heterocycles. The van der Waals surface area contributed by atoms with Gasteiger partial charge >= 0.3 is 0 Å². The van der Waals surface area contributed by atoms with Gasteiger partial charge in [-0.15, -0.1) is 5.10 Å². The third-order valence-electron chi connectivity index (χ3n) is 5.03. The van der Waals surface area contributed by atoms with Crippen LogP contribution in [0.4, 0.5) is 0 Å². The maximum absolute atomic E-state index is 10.9. The van der Waals surface area contributed by atoms with Crippen LogP contribution in [0.2, 0.25) is 0 Å². The Morgan fingerprint density at radius 3 is 2.73 bits per heavy atom. The second-order valence-corrected chi connectivity index (χ2v) is 7.96. The number of aryl methyl sites for hydroxylation is 2. The predicted octanol–water partition coefficient (Wildman–Crippen LogP) is 2.91. The molecule has 2 N–H and O–H groups in total. The lowest BCUT2D eigenvalue weighted by Crippen LogP contribution is -2.38. The minimum atomic E-state index is -0.229. The van der Waals surface area contributed by atoms with Crippen molar-refractivity contribution in [3.8, 4) is 5.88 Å².